The summed E-state index contributed by atoms with van der Waals surface area (Å²) in [6, 6.07) is 4.94. The molecule has 0 aliphatic rings. The summed E-state index contributed by atoms with van der Waals surface area (Å²) < 4.78 is 10.4. The van der Waals surface area contributed by atoms with Gasteiger partial charge in [-0.3, -0.25) is 4.79 Å². The number of ether oxygens (including phenoxy) is 2. The van der Waals surface area contributed by atoms with Crippen molar-refractivity contribution in [2.45, 2.75) is 0 Å². The van der Waals surface area contributed by atoms with Gasteiger partial charge >= 0.3 is 0 Å². The van der Waals surface area contributed by atoms with E-state index in [0.717, 1.165) is 0 Å². The fourth-order valence-corrected chi connectivity index (χ4v) is 1.26. The first-order chi connectivity index (χ1) is 8.49. The lowest BCUT2D eigenvalue weighted by atomic mass is 10.2. The number of rotatable bonds is 4. The van der Waals surface area contributed by atoms with Crippen LogP contribution in [0, 0.1) is 11.3 Å². The van der Waals surface area contributed by atoms with Crippen molar-refractivity contribution >= 4 is 11.6 Å². The fraction of sp³-hybridized carbons (Fsp3) is 0.333. The number of benzene rings is 1. The molecule has 0 unspecified atom stereocenters. The maximum absolute atomic E-state index is 11.4. The molecule has 6 heteroatoms. The predicted molar refractivity (Wildman–Crippen MR) is 66.3 cm³/mol. The monoisotopic (exact) mass is 249 g/mol. The topological polar surface area (TPSA) is 88.6 Å². The highest BCUT2D eigenvalue weighted by atomic mass is 16.5. The van der Waals surface area contributed by atoms with Gasteiger partial charge in [-0.2, -0.15) is 5.26 Å². The third-order valence-electron chi connectivity index (χ3n) is 2.27. The Labute approximate surface area is 106 Å². The van der Waals surface area contributed by atoms with Crippen molar-refractivity contribution < 1.29 is 14.3 Å². The number of nitriles is 1. The van der Waals surface area contributed by atoms with Crippen LogP contribution in [0.1, 0.15) is 5.56 Å². The Morgan fingerprint density at radius 2 is 2.17 bits per heavy atom. The highest BCUT2D eigenvalue weighted by molar-refractivity contribution is 5.77. The molecule has 1 amide bonds. The molecule has 18 heavy (non-hydrogen) atoms. The van der Waals surface area contributed by atoms with Crippen LogP contribution in [-0.4, -0.2) is 38.6 Å². The second-order valence-electron chi connectivity index (χ2n) is 3.79. The van der Waals surface area contributed by atoms with E-state index in [-0.39, 0.29) is 24.0 Å². The number of hydrogen-bond acceptors (Lipinski definition) is 5. The standard InChI is InChI=1S/C12H15N3O3/c1-15(2)11(16)7-18-12-9(14)4-8(6-13)5-10(12)17-3/h4-5H,7,14H2,1-3H3. The van der Waals surface area contributed by atoms with E-state index in [0.29, 0.717) is 11.3 Å². The minimum Gasteiger partial charge on any atom is -0.493 e. The highest BCUT2D eigenvalue weighted by Gasteiger charge is 2.13. The molecule has 0 bridgehead atoms. The fourth-order valence-electron chi connectivity index (χ4n) is 1.26. The largest absolute Gasteiger partial charge is 0.493 e. The third-order valence-corrected chi connectivity index (χ3v) is 2.27. The number of anilines is 1. The van der Waals surface area contributed by atoms with Gasteiger partial charge in [-0.1, -0.05) is 0 Å². The summed E-state index contributed by atoms with van der Waals surface area (Å²) in [6.45, 7) is -0.139. The average Bonchev–Trinajstić information content (AvgIpc) is 2.35. The zero-order valence-electron chi connectivity index (χ0n) is 10.6. The van der Waals surface area contributed by atoms with Gasteiger partial charge in [0.15, 0.2) is 18.1 Å². The minimum absolute atomic E-state index is 0.139. The zero-order valence-corrected chi connectivity index (χ0v) is 10.6. The summed E-state index contributed by atoms with van der Waals surface area (Å²) in [5.41, 5.74) is 6.39. The van der Waals surface area contributed by atoms with Crippen molar-refractivity contribution in [3.63, 3.8) is 0 Å². The molecule has 0 aliphatic carbocycles. The number of hydrogen-bond donors (Lipinski definition) is 1. The van der Waals surface area contributed by atoms with E-state index in [2.05, 4.69) is 0 Å². The van der Waals surface area contributed by atoms with E-state index in [1.54, 1.807) is 14.1 Å². The van der Waals surface area contributed by atoms with Gasteiger partial charge in [0, 0.05) is 20.2 Å². The van der Waals surface area contributed by atoms with Gasteiger partial charge in [-0.05, 0) is 6.07 Å². The van der Waals surface area contributed by atoms with Crippen LogP contribution in [0.4, 0.5) is 5.69 Å². The number of carbonyl (C=O) groups is 1. The number of nitrogen functional groups attached to an aromatic ring is 1. The quantitative estimate of drug-likeness (QED) is 0.790. The number of nitrogens with two attached hydrogens (primary N) is 1. The van der Waals surface area contributed by atoms with Crippen LogP contribution in [0.2, 0.25) is 0 Å². The molecule has 2 N–H and O–H groups in total. The first-order valence-electron chi connectivity index (χ1n) is 5.20. The summed E-state index contributed by atoms with van der Waals surface area (Å²) in [7, 11) is 4.70. The molecule has 96 valence electrons. The van der Waals surface area contributed by atoms with Gasteiger partial charge in [-0.25, -0.2) is 0 Å². The highest BCUT2D eigenvalue weighted by Crippen LogP contribution is 2.34. The maximum Gasteiger partial charge on any atom is 0.259 e. The van der Waals surface area contributed by atoms with Crippen LogP contribution < -0.4 is 15.2 Å². The molecular weight excluding hydrogens is 234 g/mol. The maximum atomic E-state index is 11.4. The molecule has 1 aromatic rings. The molecule has 0 atom stereocenters. The van der Waals surface area contributed by atoms with Gasteiger partial charge < -0.3 is 20.1 Å². The Morgan fingerprint density at radius 3 is 2.67 bits per heavy atom. The molecule has 0 heterocycles. The molecule has 1 aromatic carbocycles. The Kier molecular flexibility index (Phi) is 4.38. The smallest absolute Gasteiger partial charge is 0.259 e. The number of nitrogens with zero attached hydrogens (tertiary/aromatic N) is 2. The van der Waals surface area contributed by atoms with Gasteiger partial charge in [0.05, 0.1) is 24.4 Å². The molecule has 1 rings (SSSR count). The average molecular weight is 249 g/mol. The summed E-state index contributed by atoms with van der Waals surface area (Å²) >= 11 is 0. The van der Waals surface area contributed by atoms with Gasteiger partial charge in [0.25, 0.3) is 5.91 Å². The second-order valence-corrected chi connectivity index (χ2v) is 3.79. The number of likely N-dealkylation sites (N-methyl/N-ethyl adjacent to an activating group) is 1. The number of methoxy groups -OCH3 is 1. The summed E-state index contributed by atoms with van der Waals surface area (Å²) in [6.07, 6.45) is 0. The lowest BCUT2D eigenvalue weighted by molar-refractivity contribution is -0.130. The van der Waals surface area contributed by atoms with E-state index < -0.39 is 0 Å². The van der Waals surface area contributed by atoms with Gasteiger partial charge in [0.1, 0.15) is 0 Å². The molecule has 6 nitrogen and oxygen atoms in total. The van der Waals surface area contributed by atoms with Crippen molar-refractivity contribution in [2.24, 2.45) is 0 Å². The molecule has 0 saturated heterocycles. The van der Waals surface area contributed by atoms with Gasteiger partial charge in [0.2, 0.25) is 0 Å². The Bertz CT molecular complexity index is 492. The normalized spacial score (nSPS) is 9.44. The Morgan fingerprint density at radius 1 is 1.50 bits per heavy atom. The SMILES string of the molecule is COc1cc(C#N)cc(N)c1OCC(=O)N(C)C. The van der Waals surface area contributed by atoms with E-state index in [1.165, 1.54) is 24.1 Å². The third kappa shape index (κ3) is 3.04. The second kappa shape index (κ2) is 5.77. The lowest BCUT2D eigenvalue weighted by Gasteiger charge is -2.15. The van der Waals surface area contributed by atoms with Crippen LogP contribution in [0.15, 0.2) is 12.1 Å². The van der Waals surface area contributed by atoms with E-state index in [1.807, 2.05) is 6.07 Å². The van der Waals surface area contributed by atoms with Crippen LogP contribution in [0.25, 0.3) is 0 Å². The first kappa shape index (κ1) is 13.6. The molecule has 0 fully saturated rings. The summed E-state index contributed by atoms with van der Waals surface area (Å²) in [5, 5.41) is 8.80. The van der Waals surface area contributed by atoms with Crippen LogP contribution in [0.3, 0.4) is 0 Å². The molecule has 0 aromatic heterocycles. The van der Waals surface area contributed by atoms with Crippen LogP contribution >= 0.6 is 0 Å². The summed E-state index contributed by atoms with van der Waals surface area (Å²) in [5.74, 6) is 0.408. The molecule has 0 radical (unpaired) electrons. The first-order valence-corrected chi connectivity index (χ1v) is 5.20. The van der Waals surface area contributed by atoms with Crippen molar-refractivity contribution in [1.29, 1.82) is 5.26 Å². The van der Waals surface area contributed by atoms with Crippen molar-refractivity contribution in [3.05, 3.63) is 17.7 Å². The molecule has 0 aliphatic heterocycles. The van der Waals surface area contributed by atoms with E-state index in [4.69, 9.17) is 20.5 Å². The van der Waals surface area contributed by atoms with Crippen LogP contribution in [-0.2, 0) is 4.79 Å². The van der Waals surface area contributed by atoms with Crippen molar-refractivity contribution in [2.75, 3.05) is 33.5 Å². The molecule has 0 saturated carbocycles. The zero-order chi connectivity index (χ0) is 13.7. The van der Waals surface area contributed by atoms with Crippen LogP contribution in [0.5, 0.6) is 11.5 Å². The molecular formula is C12H15N3O3. The number of amides is 1. The van der Waals surface area contributed by atoms with E-state index >= 15 is 0 Å². The van der Waals surface area contributed by atoms with Crippen molar-refractivity contribution in [1.82, 2.24) is 4.90 Å². The Hall–Kier alpha value is -2.42. The number of carbonyl (C=O) groups excluding carboxylic acids is 1. The predicted octanol–water partition coefficient (Wildman–Crippen LogP) is 0.616. The van der Waals surface area contributed by atoms with Crippen molar-refractivity contribution in [3.8, 4) is 17.6 Å². The van der Waals surface area contributed by atoms with Gasteiger partial charge in [-0.15, -0.1) is 0 Å². The minimum atomic E-state index is -0.194. The Balaban J connectivity index is 2.95. The van der Waals surface area contributed by atoms with E-state index in [9.17, 15) is 4.79 Å². The lowest BCUT2D eigenvalue weighted by Crippen LogP contribution is -2.27. The molecule has 0 spiro atoms. The summed E-state index contributed by atoms with van der Waals surface area (Å²) in [4.78, 5) is 12.8.